The third-order valence-electron chi connectivity index (χ3n) is 3.27. The van der Waals surface area contributed by atoms with Crippen molar-refractivity contribution >= 4 is 11.7 Å². The van der Waals surface area contributed by atoms with Crippen molar-refractivity contribution in [2.24, 2.45) is 5.92 Å². The highest BCUT2D eigenvalue weighted by Crippen LogP contribution is 2.32. The second-order valence-corrected chi connectivity index (χ2v) is 7.24. The molecule has 0 heterocycles. The van der Waals surface area contributed by atoms with Crippen LogP contribution >= 0.6 is 0 Å². The Hall–Kier alpha value is -1.72. The fourth-order valence-electron chi connectivity index (χ4n) is 2.12. The van der Waals surface area contributed by atoms with Crippen LogP contribution in [-0.4, -0.2) is 18.1 Å². The zero-order valence-corrected chi connectivity index (χ0v) is 14.9. The molecule has 24 heavy (non-hydrogen) atoms. The monoisotopic (exact) mass is 345 g/mol. The zero-order valence-electron chi connectivity index (χ0n) is 14.9. The number of hydrogen-bond acceptors (Lipinski definition) is 3. The van der Waals surface area contributed by atoms with Crippen molar-refractivity contribution in [3.8, 4) is 0 Å². The van der Waals surface area contributed by atoms with E-state index in [0.717, 1.165) is 24.1 Å². The van der Waals surface area contributed by atoms with Gasteiger partial charge in [0.25, 0.3) is 0 Å². The van der Waals surface area contributed by atoms with Crippen LogP contribution in [0, 0.1) is 5.92 Å². The second kappa shape index (κ2) is 7.90. The summed E-state index contributed by atoms with van der Waals surface area (Å²) in [6.45, 7) is 9.15. The number of carbonyl (C=O) groups excluding carboxylic acids is 1. The number of rotatable bonds is 6. The molecule has 6 heteroatoms. The Morgan fingerprint density at radius 3 is 2.33 bits per heavy atom. The Labute approximate surface area is 141 Å². The lowest BCUT2D eigenvalue weighted by Gasteiger charge is -2.20. The quantitative estimate of drug-likeness (QED) is 0.734. The van der Waals surface area contributed by atoms with Gasteiger partial charge in [-0.2, -0.15) is 13.2 Å². The van der Waals surface area contributed by atoms with E-state index in [0.29, 0.717) is 18.0 Å². The zero-order chi connectivity index (χ0) is 18.5. The van der Waals surface area contributed by atoms with Gasteiger partial charge < -0.3 is 10.1 Å². The lowest BCUT2D eigenvalue weighted by Crippen LogP contribution is -2.28. The van der Waals surface area contributed by atoms with Crippen LogP contribution < -0.4 is 5.32 Å². The van der Waals surface area contributed by atoms with Gasteiger partial charge in [0.05, 0.1) is 5.56 Å². The Bertz CT molecular complexity index is 560. The number of alkyl halides is 3. The van der Waals surface area contributed by atoms with Gasteiger partial charge in [-0.3, -0.25) is 4.79 Å². The summed E-state index contributed by atoms with van der Waals surface area (Å²) in [6.07, 6.45) is -2.92. The average Bonchev–Trinajstić information content (AvgIpc) is 2.40. The first-order valence-corrected chi connectivity index (χ1v) is 8.04. The van der Waals surface area contributed by atoms with E-state index in [2.05, 4.69) is 19.2 Å². The smallest absolute Gasteiger partial charge is 0.416 e. The van der Waals surface area contributed by atoms with Crippen molar-refractivity contribution in [2.75, 3.05) is 11.9 Å². The van der Waals surface area contributed by atoms with Crippen molar-refractivity contribution in [1.29, 1.82) is 0 Å². The van der Waals surface area contributed by atoms with Gasteiger partial charge in [0, 0.05) is 5.69 Å². The highest BCUT2D eigenvalue weighted by atomic mass is 19.4. The van der Waals surface area contributed by atoms with E-state index in [-0.39, 0.29) is 6.54 Å². The van der Waals surface area contributed by atoms with Crippen LogP contribution in [0.2, 0.25) is 0 Å². The van der Waals surface area contributed by atoms with Crippen LogP contribution in [0.15, 0.2) is 18.2 Å². The molecule has 0 spiro atoms. The summed E-state index contributed by atoms with van der Waals surface area (Å²) in [6, 6.07) is 3.61. The van der Waals surface area contributed by atoms with Crippen LogP contribution in [0.5, 0.6) is 0 Å². The SMILES string of the molecule is CC(C)CCc1ccc(C(F)(F)F)cc1NCC(=O)OC(C)(C)C. The van der Waals surface area contributed by atoms with Crippen molar-refractivity contribution in [2.45, 2.75) is 59.2 Å². The Morgan fingerprint density at radius 2 is 1.83 bits per heavy atom. The van der Waals surface area contributed by atoms with Crippen LogP contribution in [-0.2, 0) is 22.1 Å². The number of esters is 1. The number of ether oxygens (including phenoxy) is 1. The fourth-order valence-corrected chi connectivity index (χ4v) is 2.12. The number of hydrogen-bond donors (Lipinski definition) is 1. The number of carbonyl (C=O) groups is 1. The van der Waals surface area contributed by atoms with Gasteiger partial charge in [-0.15, -0.1) is 0 Å². The van der Waals surface area contributed by atoms with Crippen LogP contribution in [0.4, 0.5) is 18.9 Å². The van der Waals surface area contributed by atoms with E-state index in [1.54, 1.807) is 20.8 Å². The summed E-state index contributed by atoms with van der Waals surface area (Å²) >= 11 is 0. The molecule has 3 nitrogen and oxygen atoms in total. The normalized spacial score (nSPS) is 12.4. The average molecular weight is 345 g/mol. The standard InChI is InChI=1S/C18H26F3NO2/c1-12(2)6-7-13-8-9-14(18(19,20)21)10-15(13)22-11-16(23)24-17(3,4)5/h8-10,12,22H,6-7,11H2,1-5H3. The molecule has 136 valence electrons. The molecular weight excluding hydrogens is 319 g/mol. The minimum absolute atomic E-state index is 0.173. The molecule has 0 fully saturated rings. The minimum Gasteiger partial charge on any atom is -0.459 e. The van der Waals surface area contributed by atoms with Crippen LogP contribution in [0.1, 0.15) is 52.2 Å². The molecule has 0 aromatic heterocycles. The molecule has 0 radical (unpaired) electrons. The van der Waals surface area contributed by atoms with Gasteiger partial charge in [-0.1, -0.05) is 19.9 Å². The molecule has 1 rings (SSSR count). The molecule has 1 N–H and O–H groups in total. The summed E-state index contributed by atoms with van der Waals surface area (Å²) in [5.74, 6) is -0.0688. The fraction of sp³-hybridized carbons (Fsp3) is 0.611. The largest absolute Gasteiger partial charge is 0.459 e. The number of anilines is 1. The second-order valence-electron chi connectivity index (χ2n) is 7.24. The van der Waals surface area contributed by atoms with Gasteiger partial charge in [-0.05, 0) is 57.2 Å². The van der Waals surface area contributed by atoms with E-state index >= 15 is 0 Å². The molecule has 0 saturated heterocycles. The van der Waals surface area contributed by atoms with Crippen molar-refractivity contribution in [3.63, 3.8) is 0 Å². The topological polar surface area (TPSA) is 38.3 Å². The number of benzene rings is 1. The first-order chi connectivity index (χ1) is 10.9. The van der Waals surface area contributed by atoms with Gasteiger partial charge in [0.15, 0.2) is 0 Å². The molecule has 0 saturated carbocycles. The maximum Gasteiger partial charge on any atom is 0.416 e. The van der Waals surface area contributed by atoms with E-state index < -0.39 is 23.3 Å². The molecule has 1 aromatic rings. The van der Waals surface area contributed by atoms with E-state index in [1.807, 2.05) is 0 Å². The molecule has 0 bridgehead atoms. The lowest BCUT2D eigenvalue weighted by molar-refractivity contribution is -0.152. The third-order valence-corrected chi connectivity index (χ3v) is 3.27. The third kappa shape index (κ3) is 7.23. The maximum atomic E-state index is 12.9. The molecule has 0 aliphatic heterocycles. The van der Waals surface area contributed by atoms with E-state index in [4.69, 9.17) is 4.74 Å². The van der Waals surface area contributed by atoms with Gasteiger partial charge in [-0.25, -0.2) is 0 Å². The summed E-state index contributed by atoms with van der Waals surface area (Å²) < 4.78 is 43.9. The molecule has 1 aromatic carbocycles. The van der Waals surface area contributed by atoms with Crippen molar-refractivity contribution in [1.82, 2.24) is 0 Å². The molecule has 0 aliphatic carbocycles. The summed E-state index contributed by atoms with van der Waals surface area (Å²) in [4.78, 5) is 11.8. The summed E-state index contributed by atoms with van der Waals surface area (Å²) in [5.41, 5.74) is -0.272. The van der Waals surface area contributed by atoms with Crippen molar-refractivity contribution < 1.29 is 22.7 Å². The van der Waals surface area contributed by atoms with E-state index in [1.165, 1.54) is 6.07 Å². The summed E-state index contributed by atoms with van der Waals surface area (Å²) in [5, 5.41) is 2.80. The number of halogens is 3. The predicted octanol–water partition coefficient (Wildman–Crippen LogP) is 5.05. The van der Waals surface area contributed by atoms with Gasteiger partial charge >= 0.3 is 12.1 Å². The van der Waals surface area contributed by atoms with Gasteiger partial charge in [0.2, 0.25) is 0 Å². The Morgan fingerprint density at radius 1 is 1.21 bits per heavy atom. The Kier molecular flexibility index (Phi) is 6.69. The predicted molar refractivity (Wildman–Crippen MR) is 88.9 cm³/mol. The van der Waals surface area contributed by atoms with Crippen molar-refractivity contribution in [3.05, 3.63) is 29.3 Å². The Balaban J connectivity index is 2.92. The number of nitrogens with one attached hydrogen (secondary N) is 1. The van der Waals surface area contributed by atoms with E-state index in [9.17, 15) is 18.0 Å². The highest BCUT2D eigenvalue weighted by Gasteiger charge is 2.31. The molecule has 0 amide bonds. The first kappa shape index (κ1) is 20.3. The molecule has 0 aliphatic rings. The maximum absolute atomic E-state index is 12.9. The lowest BCUT2D eigenvalue weighted by atomic mass is 9.99. The molecular formula is C18H26F3NO2. The minimum atomic E-state index is -4.42. The molecule has 0 unspecified atom stereocenters. The number of aryl methyl sites for hydroxylation is 1. The first-order valence-electron chi connectivity index (χ1n) is 8.04. The van der Waals surface area contributed by atoms with Crippen LogP contribution in [0.25, 0.3) is 0 Å². The highest BCUT2D eigenvalue weighted by molar-refractivity contribution is 5.76. The van der Waals surface area contributed by atoms with Crippen LogP contribution in [0.3, 0.4) is 0 Å². The van der Waals surface area contributed by atoms with Gasteiger partial charge in [0.1, 0.15) is 12.1 Å². The summed E-state index contributed by atoms with van der Waals surface area (Å²) in [7, 11) is 0. The molecule has 0 atom stereocenters.